The zero-order valence-electron chi connectivity index (χ0n) is 42.8. The van der Waals surface area contributed by atoms with Crippen molar-refractivity contribution in [3.8, 4) is 27.9 Å². The van der Waals surface area contributed by atoms with Crippen molar-refractivity contribution in [3.05, 3.63) is 285 Å². The molecule has 0 atom stereocenters. The second-order valence-corrected chi connectivity index (χ2v) is 20.5. The van der Waals surface area contributed by atoms with Crippen LogP contribution in [0.1, 0.15) is 0 Å². The van der Waals surface area contributed by atoms with Crippen LogP contribution in [0.2, 0.25) is 0 Å². The molecular formula is C74H47N3O2. The van der Waals surface area contributed by atoms with Crippen LogP contribution in [0.4, 0.5) is 34.1 Å². The van der Waals surface area contributed by atoms with Gasteiger partial charge in [-0.1, -0.05) is 182 Å². The van der Waals surface area contributed by atoms with Crippen molar-refractivity contribution < 1.29 is 8.83 Å². The van der Waals surface area contributed by atoms with Gasteiger partial charge >= 0.3 is 0 Å². The fourth-order valence-electron chi connectivity index (χ4n) is 12.3. The molecule has 0 saturated heterocycles. The average molecular weight is 1010 g/mol. The van der Waals surface area contributed by atoms with Gasteiger partial charge in [-0.25, -0.2) is 0 Å². The Labute approximate surface area is 455 Å². The van der Waals surface area contributed by atoms with Crippen LogP contribution in [0, 0.1) is 0 Å². The zero-order valence-corrected chi connectivity index (χ0v) is 42.8. The minimum atomic E-state index is 0.835. The molecule has 16 aromatic rings. The van der Waals surface area contributed by atoms with Gasteiger partial charge in [0, 0.05) is 54.5 Å². The average Bonchev–Trinajstić information content (AvgIpc) is 4.31. The summed E-state index contributed by atoms with van der Waals surface area (Å²) in [5, 5.41) is 11.2. The van der Waals surface area contributed by atoms with Gasteiger partial charge in [-0.15, -0.1) is 0 Å². The highest BCUT2D eigenvalue weighted by Gasteiger charge is 2.25. The third kappa shape index (κ3) is 7.39. The van der Waals surface area contributed by atoms with E-state index >= 15 is 0 Å². The molecule has 79 heavy (non-hydrogen) atoms. The Kier molecular flexibility index (Phi) is 10.2. The van der Waals surface area contributed by atoms with Gasteiger partial charge in [0.2, 0.25) is 0 Å². The number of benzene rings is 13. The summed E-state index contributed by atoms with van der Waals surface area (Å²) >= 11 is 0. The second kappa shape index (κ2) is 18.0. The number of para-hydroxylation sites is 2. The first kappa shape index (κ1) is 44.7. The molecule has 3 aromatic heterocycles. The first-order valence-corrected chi connectivity index (χ1v) is 26.9. The summed E-state index contributed by atoms with van der Waals surface area (Å²) in [5.41, 5.74) is 17.3. The molecule has 0 amide bonds. The molecule has 0 N–H and O–H groups in total. The normalized spacial score (nSPS) is 11.8. The number of fused-ring (bicyclic) bond motifs is 11. The van der Waals surface area contributed by atoms with E-state index in [1.807, 2.05) is 0 Å². The summed E-state index contributed by atoms with van der Waals surface area (Å²) < 4.78 is 15.7. The summed E-state index contributed by atoms with van der Waals surface area (Å²) in [5.74, 6) is 0. The first-order valence-electron chi connectivity index (χ1n) is 26.9. The third-order valence-corrected chi connectivity index (χ3v) is 15.9. The number of furan rings is 2. The van der Waals surface area contributed by atoms with Gasteiger partial charge in [0.1, 0.15) is 22.3 Å². The Balaban J connectivity index is 0.999. The molecule has 0 aliphatic rings. The van der Waals surface area contributed by atoms with E-state index in [9.17, 15) is 0 Å². The fraction of sp³-hybridized carbons (Fsp3) is 0. The lowest BCUT2D eigenvalue weighted by molar-refractivity contribution is 0.668. The quantitative estimate of drug-likeness (QED) is 0.144. The highest BCUT2D eigenvalue weighted by Crippen LogP contribution is 2.48. The van der Waals surface area contributed by atoms with E-state index in [4.69, 9.17) is 8.83 Å². The predicted molar refractivity (Wildman–Crippen MR) is 331 cm³/mol. The topological polar surface area (TPSA) is 37.7 Å². The van der Waals surface area contributed by atoms with Crippen LogP contribution in [0.3, 0.4) is 0 Å². The molecule has 0 aliphatic heterocycles. The van der Waals surface area contributed by atoms with Crippen molar-refractivity contribution in [2.45, 2.75) is 0 Å². The molecule has 3 heterocycles. The van der Waals surface area contributed by atoms with Gasteiger partial charge in [0.05, 0.1) is 39.5 Å². The predicted octanol–water partition coefficient (Wildman–Crippen LogP) is 21.2. The van der Waals surface area contributed by atoms with Crippen molar-refractivity contribution in [2.24, 2.45) is 0 Å². The van der Waals surface area contributed by atoms with Crippen molar-refractivity contribution in [2.75, 3.05) is 9.80 Å². The van der Waals surface area contributed by atoms with Gasteiger partial charge in [-0.05, 0) is 136 Å². The standard InChI is InChI=1S/C74H47N3O2/c1-3-17-48(18-4-1)52-33-37-71-63(41-52)65-46-54(35-39-73(65)78-71)75(67-31-15-23-50-21-7-9-25-59(50)67)56-43-57(45-58(44-56)77-69-29-13-11-27-61(69)62-28-12-14-30-70(62)77)76(68-32-16-24-51-22-8-10-26-60(51)68)55-36-40-74-66(47-55)64-42-53(34-38-72(64)79-74)49-19-5-2-6-20-49/h1-47H. The lowest BCUT2D eigenvalue weighted by Crippen LogP contribution is -2.15. The van der Waals surface area contributed by atoms with Crippen molar-refractivity contribution >= 4 is 121 Å². The number of anilines is 6. The van der Waals surface area contributed by atoms with Crippen LogP contribution < -0.4 is 9.80 Å². The molecule has 0 unspecified atom stereocenters. The maximum atomic E-state index is 6.64. The van der Waals surface area contributed by atoms with Crippen LogP contribution in [-0.2, 0) is 0 Å². The summed E-state index contributed by atoms with van der Waals surface area (Å²) in [7, 11) is 0. The molecule has 0 aliphatic carbocycles. The molecule has 370 valence electrons. The smallest absolute Gasteiger partial charge is 0.135 e. The summed E-state index contributed by atoms with van der Waals surface area (Å²) in [6.07, 6.45) is 0. The molecule has 0 spiro atoms. The van der Waals surface area contributed by atoms with Crippen molar-refractivity contribution in [1.29, 1.82) is 0 Å². The largest absolute Gasteiger partial charge is 0.456 e. The molecule has 0 radical (unpaired) electrons. The van der Waals surface area contributed by atoms with Gasteiger partial charge in [0.25, 0.3) is 0 Å². The molecule has 13 aromatic carbocycles. The van der Waals surface area contributed by atoms with Gasteiger partial charge in [0.15, 0.2) is 0 Å². The Morgan fingerprint density at radius 3 is 1.09 bits per heavy atom. The molecular weight excluding hydrogens is 963 g/mol. The Morgan fingerprint density at radius 2 is 0.620 bits per heavy atom. The van der Waals surface area contributed by atoms with E-state index in [1.165, 1.54) is 10.8 Å². The Bertz CT molecular complexity index is 4730. The lowest BCUT2D eigenvalue weighted by Gasteiger charge is -2.31. The van der Waals surface area contributed by atoms with Crippen LogP contribution in [0.25, 0.3) is 115 Å². The highest BCUT2D eigenvalue weighted by atomic mass is 16.3. The van der Waals surface area contributed by atoms with Crippen molar-refractivity contribution in [1.82, 2.24) is 4.57 Å². The molecule has 5 nitrogen and oxygen atoms in total. The Hall–Kier alpha value is -10.6. The Morgan fingerprint density at radius 1 is 0.241 bits per heavy atom. The number of rotatable bonds is 9. The molecule has 0 saturated carbocycles. The SMILES string of the molecule is c1ccc(-c2ccc3oc4ccc(N(c5cc(N(c6ccc7oc8ccc(-c9ccccc9)cc8c7c6)c6cccc7ccccc67)cc(-n6c7ccccc7c7ccccc76)c5)c5cccc6ccccc56)cc4c3c2)cc1. The van der Waals surface area contributed by atoms with Gasteiger partial charge < -0.3 is 23.2 Å². The molecule has 0 fully saturated rings. The minimum absolute atomic E-state index is 0.835. The van der Waals surface area contributed by atoms with Crippen molar-refractivity contribution in [3.63, 3.8) is 0 Å². The van der Waals surface area contributed by atoms with E-state index in [-0.39, 0.29) is 0 Å². The first-order chi connectivity index (χ1) is 39.1. The molecule has 0 bridgehead atoms. The van der Waals surface area contributed by atoms with E-state index in [0.717, 1.165) is 139 Å². The molecule has 5 heteroatoms. The monoisotopic (exact) mass is 1010 g/mol. The number of aromatic nitrogens is 1. The van der Waals surface area contributed by atoms with Crippen LogP contribution in [0.5, 0.6) is 0 Å². The second-order valence-electron chi connectivity index (χ2n) is 20.5. The summed E-state index contributed by atoms with van der Waals surface area (Å²) in [6.45, 7) is 0. The van der Waals surface area contributed by atoms with Crippen LogP contribution in [-0.4, -0.2) is 4.57 Å². The number of hydrogen-bond donors (Lipinski definition) is 0. The number of hydrogen-bond acceptors (Lipinski definition) is 4. The van der Waals surface area contributed by atoms with E-state index < -0.39 is 0 Å². The highest BCUT2D eigenvalue weighted by molar-refractivity contribution is 6.12. The van der Waals surface area contributed by atoms with E-state index in [2.05, 4.69) is 299 Å². The van der Waals surface area contributed by atoms with E-state index in [1.54, 1.807) is 0 Å². The lowest BCUT2D eigenvalue weighted by atomic mass is 10.0. The van der Waals surface area contributed by atoms with Gasteiger partial charge in [-0.3, -0.25) is 0 Å². The number of nitrogens with zero attached hydrogens (tertiary/aromatic N) is 3. The third-order valence-electron chi connectivity index (χ3n) is 15.9. The maximum absolute atomic E-state index is 6.64. The molecule has 16 rings (SSSR count). The zero-order chi connectivity index (χ0) is 52.0. The van der Waals surface area contributed by atoms with Crippen LogP contribution >= 0.6 is 0 Å². The van der Waals surface area contributed by atoms with Crippen LogP contribution in [0.15, 0.2) is 294 Å². The van der Waals surface area contributed by atoms with Gasteiger partial charge in [-0.2, -0.15) is 0 Å². The summed E-state index contributed by atoms with van der Waals surface area (Å²) in [6, 6.07) is 103. The maximum Gasteiger partial charge on any atom is 0.135 e. The minimum Gasteiger partial charge on any atom is -0.456 e. The summed E-state index contributed by atoms with van der Waals surface area (Å²) in [4.78, 5) is 4.89. The fourth-order valence-corrected chi connectivity index (χ4v) is 12.3. The van der Waals surface area contributed by atoms with E-state index in [0.29, 0.717) is 0 Å².